The van der Waals surface area contributed by atoms with Gasteiger partial charge in [-0.15, -0.1) is 11.3 Å². The lowest BCUT2D eigenvalue weighted by Gasteiger charge is -2.27. The zero-order chi connectivity index (χ0) is 41.7. The highest BCUT2D eigenvalue weighted by molar-refractivity contribution is 7.25. The number of benzene rings is 10. The maximum absolute atomic E-state index is 2.42. The highest BCUT2D eigenvalue weighted by atomic mass is 32.1. The van der Waals surface area contributed by atoms with Crippen LogP contribution in [-0.2, 0) is 0 Å². The second kappa shape index (κ2) is 15.5. The van der Waals surface area contributed by atoms with Gasteiger partial charge in [-0.25, -0.2) is 0 Å². The molecule has 2 aromatic heterocycles. The summed E-state index contributed by atoms with van der Waals surface area (Å²) in [6.45, 7) is 0. The molecule has 296 valence electrons. The van der Waals surface area contributed by atoms with Gasteiger partial charge in [-0.3, -0.25) is 0 Å². The van der Waals surface area contributed by atoms with Crippen molar-refractivity contribution in [3.63, 3.8) is 0 Å². The molecule has 3 heteroatoms. The van der Waals surface area contributed by atoms with Crippen LogP contribution in [0.3, 0.4) is 0 Å². The zero-order valence-corrected chi connectivity index (χ0v) is 35.2. The molecular formula is C60H40N2S. The van der Waals surface area contributed by atoms with Crippen molar-refractivity contribution in [1.29, 1.82) is 0 Å². The van der Waals surface area contributed by atoms with Gasteiger partial charge in [0.1, 0.15) is 0 Å². The van der Waals surface area contributed by atoms with Crippen LogP contribution < -0.4 is 4.90 Å². The first-order chi connectivity index (χ1) is 31.3. The summed E-state index contributed by atoms with van der Waals surface area (Å²) in [5.74, 6) is 0. The maximum atomic E-state index is 2.42. The van der Waals surface area contributed by atoms with Crippen LogP contribution in [0.2, 0.25) is 0 Å². The molecule has 12 aromatic rings. The van der Waals surface area contributed by atoms with Crippen LogP contribution in [0.15, 0.2) is 243 Å². The molecule has 10 aromatic carbocycles. The number of fused-ring (bicyclic) bond motifs is 6. The molecular weight excluding hydrogens is 781 g/mol. The Morgan fingerprint density at radius 3 is 1.44 bits per heavy atom. The van der Waals surface area contributed by atoms with E-state index in [0.29, 0.717) is 0 Å². The second-order valence-electron chi connectivity index (χ2n) is 16.1. The van der Waals surface area contributed by atoms with Gasteiger partial charge < -0.3 is 9.47 Å². The molecule has 0 aliphatic carbocycles. The third-order valence-corrected chi connectivity index (χ3v) is 13.6. The van der Waals surface area contributed by atoms with Gasteiger partial charge >= 0.3 is 0 Å². The molecule has 0 aliphatic heterocycles. The molecule has 0 aliphatic rings. The van der Waals surface area contributed by atoms with E-state index in [-0.39, 0.29) is 0 Å². The number of aromatic nitrogens is 1. The van der Waals surface area contributed by atoms with E-state index in [0.717, 1.165) is 28.3 Å². The quantitative estimate of drug-likeness (QED) is 0.148. The third-order valence-electron chi connectivity index (χ3n) is 12.4. The predicted octanol–water partition coefficient (Wildman–Crippen LogP) is 17.3. The average Bonchev–Trinajstić information content (AvgIpc) is 3.91. The molecule has 0 fully saturated rings. The van der Waals surface area contributed by atoms with Crippen molar-refractivity contribution in [1.82, 2.24) is 4.57 Å². The minimum atomic E-state index is 1.08. The van der Waals surface area contributed by atoms with Crippen molar-refractivity contribution in [3.05, 3.63) is 243 Å². The van der Waals surface area contributed by atoms with Gasteiger partial charge in [0.2, 0.25) is 0 Å². The van der Waals surface area contributed by atoms with E-state index in [1.807, 2.05) is 11.3 Å². The average molecular weight is 821 g/mol. The molecule has 2 heterocycles. The van der Waals surface area contributed by atoms with Crippen LogP contribution in [-0.4, -0.2) is 4.57 Å². The summed E-state index contributed by atoms with van der Waals surface area (Å²) in [7, 11) is 0. The summed E-state index contributed by atoms with van der Waals surface area (Å²) >= 11 is 1.86. The van der Waals surface area contributed by atoms with Crippen molar-refractivity contribution in [2.75, 3.05) is 4.90 Å². The molecule has 0 N–H and O–H groups in total. The van der Waals surface area contributed by atoms with E-state index in [9.17, 15) is 0 Å². The summed E-state index contributed by atoms with van der Waals surface area (Å²) in [6, 6.07) is 88.3. The van der Waals surface area contributed by atoms with E-state index in [1.165, 1.54) is 80.9 Å². The third kappa shape index (κ3) is 6.41. The Bertz CT molecular complexity index is 3550. The summed E-state index contributed by atoms with van der Waals surface area (Å²) in [4.78, 5) is 2.40. The number of anilines is 3. The smallest absolute Gasteiger partial charge is 0.0541 e. The monoisotopic (exact) mass is 820 g/mol. The topological polar surface area (TPSA) is 8.17 Å². The first-order valence-corrected chi connectivity index (χ1v) is 22.3. The van der Waals surface area contributed by atoms with E-state index in [2.05, 4.69) is 252 Å². The molecule has 0 radical (unpaired) electrons. The molecule has 0 atom stereocenters. The Morgan fingerprint density at radius 1 is 0.302 bits per heavy atom. The predicted molar refractivity (Wildman–Crippen MR) is 270 cm³/mol. The number of thiophene rings is 1. The molecule has 63 heavy (non-hydrogen) atoms. The lowest BCUT2D eigenvalue weighted by Crippen LogP contribution is -2.10. The lowest BCUT2D eigenvalue weighted by molar-refractivity contribution is 1.18. The lowest BCUT2D eigenvalue weighted by atomic mass is 9.93. The van der Waals surface area contributed by atoms with Crippen LogP contribution in [0.25, 0.3) is 92.2 Å². The van der Waals surface area contributed by atoms with Gasteiger partial charge in [0.05, 0.1) is 16.7 Å². The molecule has 0 amide bonds. The first-order valence-electron chi connectivity index (χ1n) is 21.5. The molecule has 0 spiro atoms. The minimum Gasteiger partial charge on any atom is -0.310 e. The normalized spacial score (nSPS) is 11.5. The summed E-state index contributed by atoms with van der Waals surface area (Å²) < 4.78 is 5.05. The van der Waals surface area contributed by atoms with E-state index in [1.54, 1.807) is 0 Å². The van der Waals surface area contributed by atoms with Crippen LogP contribution in [0, 0.1) is 0 Å². The van der Waals surface area contributed by atoms with Crippen molar-refractivity contribution in [2.24, 2.45) is 0 Å². The molecule has 2 nitrogen and oxygen atoms in total. The fraction of sp³-hybridized carbons (Fsp3) is 0. The molecule has 12 rings (SSSR count). The molecule has 0 bridgehead atoms. The standard InChI is InChI=1S/C60H40N2S/c1-3-16-41(17-4-1)48-39-38-47(40-54(48)42-18-5-2-6-19-42)61(46-36-32-44(33-37-46)50-24-15-29-59-60(50)53-23-10-14-28-58(53)63-59)45-34-30-43(31-35-45)49-20-7-11-25-55(49)62-56-26-12-8-21-51(56)52-22-9-13-27-57(52)62/h1-40H. The van der Waals surface area contributed by atoms with E-state index >= 15 is 0 Å². The molecule has 0 saturated carbocycles. The summed E-state index contributed by atoms with van der Waals surface area (Å²) in [5.41, 5.74) is 16.4. The molecule has 0 unspecified atom stereocenters. The van der Waals surface area contributed by atoms with Crippen LogP contribution in [0.5, 0.6) is 0 Å². The van der Waals surface area contributed by atoms with Gasteiger partial charge in [-0.2, -0.15) is 0 Å². The number of para-hydroxylation sites is 3. The zero-order valence-electron chi connectivity index (χ0n) is 34.4. The molecule has 0 saturated heterocycles. The highest BCUT2D eigenvalue weighted by Gasteiger charge is 2.19. The van der Waals surface area contributed by atoms with Gasteiger partial charge in [0.15, 0.2) is 0 Å². The largest absolute Gasteiger partial charge is 0.310 e. The maximum Gasteiger partial charge on any atom is 0.0541 e. The number of rotatable bonds is 8. The van der Waals surface area contributed by atoms with Crippen LogP contribution in [0.4, 0.5) is 17.1 Å². The fourth-order valence-corrected chi connectivity index (χ4v) is 10.7. The van der Waals surface area contributed by atoms with Crippen LogP contribution in [0.1, 0.15) is 0 Å². The Balaban J connectivity index is 1.00. The Morgan fingerprint density at radius 2 is 0.778 bits per heavy atom. The van der Waals surface area contributed by atoms with Crippen molar-refractivity contribution in [3.8, 4) is 50.2 Å². The van der Waals surface area contributed by atoms with Gasteiger partial charge in [0, 0.05) is 53.6 Å². The van der Waals surface area contributed by atoms with Crippen molar-refractivity contribution in [2.45, 2.75) is 0 Å². The fourth-order valence-electron chi connectivity index (χ4n) is 9.53. The van der Waals surface area contributed by atoms with Crippen LogP contribution >= 0.6 is 11.3 Å². The SMILES string of the molecule is c1ccc(-c2ccc(N(c3ccc(-c4ccccc4-n4c5ccccc5c5ccccc54)cc3)c3ccc(-c4cccc5sc6ccccc6c45)cc3)cc2-c2ccccc2)cc1. The second-order valence-corrected chi connectivity index (χ2v) is 17.1. The highest BCUT2D eigenvalue weighted by Crippen LogP contribution is 2.44. The number of hydrogen-bond acceptors (Lipinski definition) is 2. The van der Waals surface area contributed by atoms with E-state index in [4.69, 9.17) is 0 Å². The Kier molecular flexibility index (Phi) is 9.06. The first kappa shape index (κ1) is 36.8. The van der Waals surface area contributed by atoms with Gasteiger partial charge in [-0.05, 0) is 106 Å². The van der Waals surface area contributed by atoms with Crippen molar-refractivity contribution >= 4 is 70.4 Å². The Labute approximate surface area is 370 Å². The van der Waals surface area contributed by atoms with Crippen molar-refractivity contribution < 1.29 is 0 Å². The van der Waals surface area contributed by atoms with Gasteiger partial charge in [-0.1, -0.05) is 176 Å². The summed E-state index contributed by atoms with van der Waals surface area (Å²) in [6.07, 6.45) is 0. The summed E-state index contributed by atoms with van der Waals surface area (Å²) in [5, 5.41) is 5.15. The Hall–Kier alpha value is -7.98. The number of nitrogens with zero attached hydrogens (tertiary/aromatic N) is 2. The van der Waals surface area contributed by atoms with Gasteiger partial charge in [0.25, 0.3) is 0 Å². The minimum absolute atomic E-state index is 1.08. The van der Waals surface area contributed by atoms with E-state index < -0.39 is 0 Å². The number of hydrogen-bond donors (Lipinski definition) is 0.